The standard InChI is InChI=1S/C26H27N3O/c1-19-13-15-29-24(18-28-25(29)16-19)23(22-11-7-6-8-20(22)2)17-26(30)27-14-12-21-9-4-3-5-10-21/h3-11,13,15-16,18,23H,12,14,17H2,1-2H3,(H,27,30). The lowest BCUT2D eigenvalue weighted by Crippen LogP contribution is -2.27. The highest BCUT2D eigenvalue weighted by Crippen LogP contribution is 2.31. The summed E-state index contributed by atoms with van der Waals surface area (Å²) in [5.74, 6) is 0.00174. The van der Waals surface area contributed by atoms with E-state index in [1.54, 1.807) is 0 Å². The molecule has 1 N–H and O–H groups in total. The topological polar surface area (TPSA) is 46.4 Å². The van der Waals surface area contributed by atoms with Gasteiger partial charge in [0.2, 0.25) is 5.91 Å². The highest BCUT2D eigenvalue weighted by molar-refractivity contribution is 5.77. The number of aromatic nitrogens is 2. The first-order valence-electron chi connectivity index (χ1n) is 10.4. The minimum atomic E-state index is -0.0550. The van der Waals surface area contributed by atoms with Crippen LogP contribution in [0.3, 0.4) is 0 Å². The van der Waals surface area contributed by atoms with Gasteiger partial charge in [0.1, 0.15) is 5.65 Å². The number of nitrogens with one attached hydrogen (secondary N) is 1. The highest BCUT2D eigenvalue weighted by atomic mass is 16.1. The van der Waals surface area contributed by atoms with Gasteiger partial charge in [-0.05, 0) is 54.7 Å². The van der Waals surface area contributed by atoms with Gasteiger partial charge in [-0.2, -0.15) is 0 Å². The number of fused-ring (bicyclic) bond motifs is 1. The average Bonchev–Trinajstić information content (AvgIpc) is 3.16. The molecule has 0 aliphatic rings. The summed E-state index contributed by atoms with van der Waals surface area (Å²) in [6, 6.07) is 22.7. The molecule has 0 aliphatic heterocycles. The van der Waals surface area contributed by atoms with E-state index in [1.165, 1.54) is 16.7 Å². The van der Waals surface area contributed by atoms with Crippen molar-refractivity contribution in [3.63, 3.8) is 0 Å². The Morgan fingerprint density at radius 2 is 1.80 bits per heavy atom. The maximum Gasteiger partial charge on any atom is 0.221 e. The zero-order valence-corrected chi connectivity index (χ0v) is 17.5. The molecule has 4 rings (SSSR count). The second-order valence-electron chi connectivity index (χ2n) is 7.81. The minimum absolute atomic E-state index is 0.0550. The van der Waals surface area contributed by atoms with Crippen molar-refractivity contribution < 1.29 is 4.79 Å². The molecule has 0 bridgehead atoms. The summed E-state index contributed by atoms with van der Waals surface area (Å²) in [7, 11) is 0. The van der Waals surface area contributed by atoms with Crippen molar-refractivity contribution in [2.75, 3.05) is 6.54 Å². The molecule has 1 unspecified atom stereocenters. The molecule has 152 valence electrons. The van der Waals surface area contributed by atoms with E-state index in [4.69, 9.17) is 0 Å². The van der Waals surface area contributed by atoms with Gasteiger partial charge >= 0.3 is 0 Å². The van der Waals surface area contributed by atoms with Crippen molar-refractivity contribution in [3.8, 4) is 0 Å². The molecule has 0 saturated heterocycles. The molecular weight excluding hydrogens is 370 g/mol. The second kappa shape index (κ2) is 8.95. The number of benzene rings is 2. The monoisotopic (exact) mass is 397 g/mol. The lowest BCUT2D eigenvalue weighted by Gasteiger charge is -2.19. The summed E-state index contributed by atoms with van der Waals surface area (Å²) < 4.78 is 2.10. The zero-order chi connectivity index (χ0) is 20.9. The second-order valence-corrected chi connectivity index (χ2v) is 7.81. The Hall–Kier alpha value is -3.40. The molecule has 0 spiro atoms. The number of hydrogen-bond acceptors (Lipinski definition) is 2. The Balaban J connectivity index is 1.56. The van der Waals surface area contributed by atoms with Gasteiger partial charge in [0, 0.05) is 31.3 Å². The van der Waals surface area contributed by atoms with E-state index in [0.29, 0.717) is 13.0 Å². The maximum absolute atomic E-state index is 12.9. The molecular formula is C26H27N3O. The summed E-state index contributed by atoms with van der Waals surface area (Å²) in [6.45, 7) is 4.80. The van der Waals surface area contributed by atoms with E-state index < -0.39 is 0 Å². The third-order valence-corrected chi connectivity index (χ3v) is 5.59. The van der Waals surface area contributed by atoms with Crippen LogP contribution < -0.4 is 5.32 Å². The molecule has 2 aromatic heterocycles. The third-order valence-electron chi connectivity index (χ3n) is 5.59. The maximum atomic E-state index is 12.9. The quantitative estimate of drug-likeness (QED) is 0.485. The number of hydrogen-bond donors (Lipinski definition) is 1. The molecule has 2 aromatic carbocycles. The van der Waals surface area contributed by atoms with E-state index in [1.807, 2.05) is 42.7 Å². The molecule has 4 nitrogen and oxygen atoms in total. The first kappa shape index (κ1) is 19.9. The van der Waals surface area contributed by atoms with Crippen LogP contribution in [0.5, 0.6) is 0 Å². The fraction of sp³-hybridized carbons (Fsp3) is 0.231. The summed E-state index contributed by atoms with van der Waals surface area (Å²) in [5.41, 5.74) is 6.70. The van der Waals surface area contributed by atoms with E-state index in [2.05, 4.69) is 64.9 Å². The number of nitrogens with zero attached hydrogens (tertiary/aromatic N) is 2. The largest absolute Gasteiger partial charge is 0.356 e. The van der Waals surface area contributed by atoms with Gasteiger partial charge in [-0.1, -0.05) is 54.6 Å². The van der Waals surface area contributed by atoms with Gasteiger partial charge in [-0.25, -0.2) is 4.98 Å². The molecule has 4 aromatic rings. The molecule has 1 atom stereocenters. The Morgan fingerprint density at radius 1 is 1.03 bits per heavy atom. The number of carbonyl (C=O) groups excluding carboxylic acids is 1. The number of carbonyl (C=O) groups is 1. The van der Waals surface area contributed by atoms with Gasteiger partial charge in [0.25, 0.3) is 0 Å². The van der Waals surface area contributed by atoms with Crippen molar-refractivity contribution in [1.82, 2.24) is 14.7 Å². The Morgan fingerprint density at radius 3 is 2.60 bits per heavy atom. The molecule has 0 radical (unpaired) electrons. The van der Waals surface area contributed by atoms with Crippen molar-refractivity contribution in [2.45, 2.75) is 32.6 Å². The third kappa shape index (κ3) is 4.43. The smallest absolute Gasteiger partial charge is 0.221 e. The lowest BCUT2D eigenvalue weighted by molar-refractivity contribution is -0.121. The molecule has 0 saturated carbocycles. The molecule has 30 heavy (non-hydrogen) atoms. The van der Waals surface area contributed by atoms with Crippen LogP contribution in [0.4, 0.5) is 0 Å². The van der Waals surface area contributed by atoms with Gasteiger partial charge in [0.15, 0.2) is 0 Å². The van der Waals surface area contributed by atoms with Crippen molar-refractivity contribution in [3.05, 3.63) is 107 Å². The fourth-order valence-electron chi connectivity index (χ4n) is 3.96. The summed E-state index contributed by atoms with van der Waals surface area (Å²) >= 11 is 0. The minimum Gasteiger partial charge on any atom is -0.356 e. The van der Waals surface area contributed by atoms with E-state index in [9.17, 15) is 4.79 Å². The predicted octanol–water partition coefficient (Wildman–Crippen LogP) is 4.83. The molecule has 2 heterocycles. The van der Waals surface area contributed by atoms with Gasteiger partial charge < -0.3 is 9.72 Å². The number of aryl methyl sites for hydroxylation is 2. The average molecular weight is 398 g/mol. The SMILES string of the molecule is Cc1ccn2c(C(CC(=O)NCCc3ccccc3)c3ccccc3C)cnc2c1. The molecule has 0 fully saturated rings. The zero-order valence-electron chi connectivity index (χ0n) is 17.5. The number of rotatable bonds is 7. The summed E-state index contributed by atoms with van der Waals surface area (Å²) in [5, 5.41) is 3.10. The van der Waals surface area contributed by atoms with E-state index in [0.717, 1.165) is 23.3 Å². The lowest BCUT2D eigenvalue weighted by atomic mass is 9.89. The number of amides is 1. The number of imidazole rings is 1. The van der Waals surface area contributed by atoms with Crippen LogP contribution in [-0.2, 0) is 11.2 Å². The van der Waals surface area contributed by atoms with Crippen molar-refractivity contribution in [2.24, 2.45) is 0 Å². The summed E-state index contributed by atoms with van der Waals surface area (Å²) in [6.07, 6.45) is 5.17. The highest BCUT2D eigenvalue weighted by Gasteiger charge is 2.23. The molecule has 4 heteroatoms. The Labute approximate surface area is 177 Å². The first-order valence-corrected chi connectivity index (χ1v) is 10.4. The van der Waals surface area contributed by atoms with Crippen LogP contribution in [0.2, 0.25) is 0 Å². The fourth-order valence-corrected chi connectivity index (χ4v) is 3.96. The first-order chi connectivity index (χ1) is 14.6. The van der Waals surface area contributed by atoms with Gasteiger partial charge in [-0.3, -0.25) is 4.79 Å². The molecule has 0 aliphatic carbocycles. The predicted molar refractivity (Wildman–Crippen MR) is 121 cm³/mol. The Kier molecular flexibility index (Phi) is 5.94. The van der Waals surface area contributed by atoms with Crippen molar-refractivity contribution >= 4 is 11.6 Å². The normalized spacial score (nSPS) is 12.1. The van der Waals surface area contributed by atoms with E-state index >= 15 is 0 Å². The van der Waals surface area contributed by atoms with Crippen LogP contribution in [-0.4, -0.2) is 21.8 Å². The van der Waals surface area contributed by atoms with Crippen LogP contribution in [0.25, 0.3) is 5.65 Å². The van der Waals surface area contributed by atoms with Gasteiger partial charge in [0.05, 0.1) is 5.69 Å². The van der Waals surface area contributed by atoms with E-state index in [-0.39, 0.29) is 11.8 Å². The van der Waals surface area contributed by atoms with Crippen LogP contribution >= 0.6 is 0 Å². The molecule has 1 amide bonds. The van der Waals surface area contributed by atoms with Crippen LogP contribution in [0.1, 0.15) is 40.3 Å². The van der Waals surface area contributed by atoms with Crippen LogP contribution in [0, 0.1) is 13.8 Å². The van der Waals surface area contributed by atoms with Crippen molar-refractivity contribution in [1.29, 1.82) is 0 Å². The Bertz CT molecular complexity index is 1150. The van der Waals surface area contributed by atoms with Crippen LogP contribution in [0.15, 0.2) is 79.1 Å². The number of pyridine rings is 1. The summed E-state index contributed by atoms with van der Waals surface area (Å²) in [4.78, 5) is 17.5. The van der Waals surface area contributed by atoms with Gasteiger partial charge in [-0.15, -0.1) is 0 Å².